The second-order valence-electron chi connectivity index (χ2n) is 7.82. The highest BCUT2D eigenvalue weighted by atomic mass is 16.5. The van der Waals surface area contributed by atoms with Crippen molar-refractivity contribution in [2.24, 2.45) is 5.10 Å². The number of carbonyl (C=O) groups is 3. The Morgan fingerprint density at radius 2 is 1.75 bits per heavy atom. The lowest BCUT2D eigenvalue weighted by Crippen LogP contribution is -2.36. The maximum atomic E-state index is 12.6. The second kappa shape index (κ2) is 10.2. The molecule has 0 fully saturated rings. The molecule has 0 unspecified atom stereocenters. The number of carbonyl (C=O) groups excluding carboxylic acids is 3. The van der Waals surface area contributed by atoms with E-state index in [0.29, 0.717) is 5.69 Å². The molecule has 32 heavy (non-hydrogen) atoms. The summed E-state index contributed by atoms with van der Waals surface area (Å²) in [5, 5.41) is 8.38. The molecule has 168 valence electrons. The molecule has 1 aliphatic heterocycles. The number of nitrogens with one attached hydrogen (secondary N) is 1. The van der Waals surface area contributed by atoms with Crippen molar-refractivity contribution in [3.8, 4) is 0 Å². The van der Waals surface area contributed by atoms with Gasteiger partial charge in [0.15, 0.2) is 6.61 Å². The molecule has 0 saturated heterocycles. The third kappa shape index (κ3) is 5.22. The standard InChI is InChI=1S/C25H29N3O4/c1-5-18-8-7-9-19(6-2)24(18)26-22(29)15-32-25(31)20-12-13-23(30)28(27-20)21-14-16(3)10-11-17(21)4/h7-11,14H,5-6,12-13,15H2,1-4H3,(H,26,29). The van der Waals surface area contributed by atoms with Crippen LogP contribution in [0.1, 0.15) is 48.9 Å². The molecule has 0 bridgehead atoms. The SMILES string of the molecule is CCc1cccc(CC)c1NC(=O)COC(=O)C1=NN(c2cc(C)ccc2C)C(=O)CC1. The Balaban J connectivity index is 1.69. The number of esters is 1. The van der Waals surface area contributed by atoms with Crippen LogP contribution in [-0.2, 0) is 32.0 Å². The fourth-order valence-electron chi connectivity index (χ4n) is 3.63. The van der Waals surface area contributed by atoms with E-state index in [4.69, 9.17) is 4.74 Å². The van der Waals surface area contributed by atoms with E-state index in [-0.39, 0.29) is 24.5 Å². The van der Waals surface area contributed by atoms with Gasteiger partial charge in [-0.1, -0.05) is 44.2 Å². The van der Waals surface area contributed by atoms with Crippen molar-refractivity contribution in [3.63, 3.8) is 0 Å². The summed E-state index contributed by atoms with van der Waals surface area (Å²) in [6, 6.07) is 11.6. The van der Waals surface area contributed by atoms with Gasteiger partial charge in [-0.15, -0.1) is 0 Å². The van der Waals surface area contributed by atoms with E-state index >= 15 is 0 Å². The number of para-hydroxylation sites is 1. The molecule has 0 saturated carbocycles. The maximum Gasteiger partial charge on any atom is 0.355 e. The summed E-state index contributed by atoms with van der Waals surface area (Å²) in [7, 11) is 0. The van der Waals surface area contributed by atoms with Crippen LogP contribution in [0.4, 0.5) is 11.4 Å². The predicted molar refractivity (Wildman–Crippen MR) is 125 cm³/mol. The van der Waals surface area contributed by atoms with Gasteiger partial charge in [-0.25, -0.2) is 4.79 Å². The van der Waals surface area contributed by atoms with Crippen LogP contribution in [-0.4, -0.2) is 30.1 Å². The van der Waals surface area contributed by atoms with Gasteiger partial charge in [-0.05, 0) is 55.0 Å². The number of amides is 2. The first-order valence-electron chi connectivity index (χ1n) is 10.9. The number of nitrogens with zero attached hydrogens (tertiary/aromatic N) is 2. The van der Waals surface area contributed by atoms with E-state index in [1.54, 1.807) is 0 Å². The average molecular weight is 436 g/mol. The van der Waals surface area contributed by atoms with Crippen molar-refractivity contribution in [2.75, 3.05) is 16.9 Å². The summed E-state index contributed by atoms with van der Waals surface area (Å²) in [6.45, 7) is 7.43. The summed E-state index contributed by atoms with van der Waals surface area (Å²) in [5.41, 5.74) is 5.47. The lowest BCUT2D eigenvalue weighted by molar-refractivity contribution is -0.140. The van der Waals surface area contributed by atoms with E-state index in [1.807, 2.05) is 64.1 Å². The van der Waals surface area contributed by atoms with Gasteiger partial charge >= 0.3 is 5.97 Å². The molecule has 1 N–H and O–H groups in total. The molecule has 0 spiro atoms. The predicted octanol–water partition coefficient (Wildman–Crippen LogP) is 4.09. The van der Waals surface area contributed by atoms with E-state index in [2.05, 4.69) is 10.4 Å². The Bertz CT molecular complexity index is 1050. The van der Waals surface area contributed by atoms with Gasteiger partial charge in [0.05, 0.1) is 5.69 Å². The Kier molecular flexibility index (Phi) is 7.41. The van der Waals surface area contributed by atoms with Crippen molar-refractivity contribution in [1.82, 2.24) is 0 Å². The highest BCUT2D eigenvalue weighted by Gasteiger charge is 2.27. The van der Waals surface area contributed by atoms with E-state index in [0.717, 1.165) is 40.8 Å². The Labute approximate surface area is 188 Å². The van der Waals surface area contributed by atoms with Crippen LogP contribution in [0.15, 0.2) is 41.5 Å². The van der Waals surface area contributed by atoms with Crippen molar-refractivity contribution in [2.45, 2.75) is 53.4 Å². The number of hydrogen-bond acceptors (Lipinski definition) is 5. The van der Waals surface area contributed by atoms with E-state index in [1.165, 1.54) is 5.01 Å². The minimum absolute atomic E-state index is 0.126. The molecule has 2 aromatic rings. The molecular weight excluding hydrogens is 406 g/mol. The van der Waals surface area contributed by atoms with Crippen LogP contribution in [0.3, 0.4) is 0 Å². The van der Waals surface area contributed by atoms with Gasteiger partial charge in [0, 0.05) is 18.5 Å². The van der Waals surface area contributed by atoms with Gasteiger partial charge in [-0.3, -0.25) is 9.59 Å². The van der Waals surface area contributed by atoms with Crippen molar-refractivity contribution < 1.29 is 19.1 Å². The van der Waals surface area contributed by atoms with Gasteiger partial charge in [0.1, 0.15) is 5.71 Å². The number of benzene rings is 2. The van der Waals surface area contributed by atoms with Crippen LogP contribution < -0.4 is 10.3 Å². The average Bonchev–Trinajstić information content (AvgIpc) is 2.79. The lowest BCUT2D eigenvalue weighted by atomic mass is 10.0. The zero-order valence-electron chi connectivity index (χ0n) is 19.0. The Morgan fingerprint density at radius 1 is 1.06 bits per heavy atom. The summed E-state index contributed by atoms with van der Waals surface area (Å²) in [5.74, 6) is -1.29. The molecule has 3 rings (SSSR count). The molecule has 2 aromatic carbocycles. The summed E-state index contributed by atoms with van der Waals surface area (Å²) >= 11 is 0. The number of ether oxygens (including phenoxy) is 1. The quantitative estimate of drug-likeness (QED) is 0.664. The number of rotatable bonds is 7. The fourth-order valence-corrected chi connectivity index (χ4v) is 3.63. The molecule has 1 heterocycles. The summed E-state index contributed by atoms with van der Waals surface area (Å²) < 4.78 is 5.22. The number of hydrogen-bond donors (Lipinski definition) is 1. The van der Waals surface area contributed by atoms with Crippen LogP contribution >= 0.6 is 0 Å². The Hall–Kier alpha value is -3.48. The van der Waals surface area contributed by atoms with Crippen LogP contribution in [0, 0.1) is 13.8 Å². The molecule has 7 heteroatoms. The van der Waals surface area contributed by atoms with Crippen molar-refractivity contribution in [3.05, 3.63) is 58.7 Å². The molecule has 0 radical (unpaired) electrons. The van der Waals surface area contributed by atoms with Crippen molar-refractivity contribution in [1.29, 1.82) is 0 Å². The third-order valence-electron chi connectivity index (χ3n) is 5.46. The molecule has 0 aliphatic carbocycles. The van der Waals surface area contributed by atoms with Crippen LogP contribution in [0.25, 0.3) is 0 Å². The smallest absolute Gasteiger partial charge is 0.355 e. The number of anilines is 2. The normalized spacial score (nSPS) is 13.6. The van der Waals surface area contributed by atoms with Gasteiger partial charge < -0.3 is 10.1 Å². The highest BCUT2D eigenvalue weighted by molar-refractivity contribution is 6.38. The Morgan fingerprint density at radius 3 is 2.41 bits per heavy atom. The largest absolute Gasteiger partial charge is 0.451 e. The first kappa shape index (κ1) is 23.2. The minimum atomic E-state index is -0.692. The van der Waals surface area contributed by atoms with E-state index in [9.17, 15) is 14.4 Å². The number of hydrazone groups is 1. The van der Waals surface area contributed by atoms with E-state index < -0.39 is 18.5 Å². The topological polar surface area (TPSA) is 88.1 Å². The molecule has 0 atom stereocenters. The molecule has 2 amide bonds. The van der Waals surface area contributed by atoms with Crippen LogP contribution in [0.5, 0.6) is 0 Å². The maximum absolute atomic E-state index is 12.6. The molecule has 7 nitrogen and oxygen atoms in total. The first-order chi connectivity index (χ1) is 15.3. The van der Waals surface area contributed by atoms with Gasteiger partial charge in [0.2, 0.25) is 5.91 Å². The third-order valence-corrected chi connectivity index (χ3v) is 5.46. The number of aryl methyl sites for hydroxylation is 4. The van der Waals surface area contributed by atoms with Crippen LogP contribution in [0.2, 0.25) is 0 Å². The highest BCUT2D eigenvalue weighted by Crippen LogP contribution is 2.26. The second-order valence-corrected chi connectivity index (χ2v) is 7.82. The molecular formula is C25H29N3O4. The lowest BCUT2D eigenvalue weighted by Gasteiger charge is -2.24. The molecule has 0 aromatic heterocycles. The first-order valence-corrected chi connectivity index (χ1v) is 10.9. The molecule has 1 aliphatic rings. The van der Waals surface area contributed by atoms with Crippen molar-refractivity contribution >= 4 is 34.9 Å². The zero-order chi connectivity index (χ0) is 23.3. The monoisotopic (exact) mass is 435 g/mol. The van der Waals surface area contributed by atoms with Gasteiger partial charge in [0.25, 0.3) is 5.91 Å². The summed E-state index contributed by atoms with van der Waals surface area (Å²) in [6.07, 6.45) is 1.89. The summed E-state index contributed by atoms with van der Waals surface area (Å²) in [4.78, 5) is 37.4. The fraction of sp³-hybridized carbons (Fsp3) is 0.360. The zero-order valence-corrected chi connectivity index (χ0v) is 19.0. The minimum Gasteiger partial charge on any atom is -0.451 e. The van der Waals surface area contributed by atoms with Gasteiger partial charge in [-0.2, -0.15) is 10.1 Å².